The van der Waals surface area contributed by atoms with Gasteiger partial charge in [0.15, 0.2) is 0 Å². The van der Waals surface area contributed by atoms with Crippen LogP contribution in [0.3, 0.4) is 0 Å². The number of nitrogens with zero attached hydrogens (tertiary/aromatic N) is 1. The molecule has 3 atom stereocenters. The number of hydrogen-bond acceptors (Lipinski definition) is 2. The van der Waals surface area contributed by atoms with Gasteiger partial charge >= 0.3 is 0 Å². The molecule has 19 heavy (non-hydrogen) atoms. The van der Waals surface area contributed by atoms with Gasteiger partial charge in [0.25, 0.3) is 0 Å². The van der Waals surface area contributed by atoms with Gasteiger partial charge in [0.05, 0.1) is 0 Å². The van der Waals surface area contributed by atoms with Crippen LogP contribution in [-0.2, 0) is 10.3 Å². The first-order valence-electron chi connectivity index (χ1n) is 6.66. The molecular weight excluding hydrogens is 304 g/mol. The van der Waals surface area contributed by atoms with E-state index in [9.17, 15) is 4.79 Å². The first kappa shape index (κ1) is 14.5. The first-order valence-corrected chi connectivity index (χ1v) is 7.46. The van der Waals surface area contributed by atoms with Crippen molar-refractivity contribution in [2.75, 3.05) is 13.1 Å². The summed E-state index contributed by atoms with van der Waals surface area (Å²) in [6.07, 6.45) is 0. The topological polar surface area (TPSA) is 46.3 Å². The molecule has 0 aromatic heterocycles. The largest absolute Gasteiger partial charge is 0.340 e. The van der Waals surface area contributed by atoms with Crippen LogP contribution < -0.4 is 5.73 Å². The van der Waals surface area contributed by atoms with E-state index in [0.29, 0.717) is 11.8 Å². The maximum atomic E-state index is 12.6. The summed E-state index contributed by atoms with van der Waals surface area (Å²) in [4.78, 5) is 14.5. The third-order valence-electron chi connectivity index (χ3n) is 4.16. The van der Waals surface area contributed by atoms with Gasteiger partial charge in [-0.25, -0.2) is 0 Å². The second kappa shape index (κ2) is 5.25. The maximum Gasteiger partial charge on any atom is 0.246 e. The minimum atomic E-state index is -0.954. The molecule has 0 spiro atoms. The zero-order valence-corrected chi connectivity index (χ0v) is 13.3. The molecule has 1 aromatic rings. The molecule has 4 heteroatoms. The Morgan fingerprint density at radius 1 is 1.26 bits per heavy atom. The number of halogens is 1. The molecule has 0 saturated carbocycles. The molecule has 3 nitrogen and oxygen atoms in total. The Hall–Kier alpha value is -0.870. The highest BCUT2D eigenvalue weighted by Gasteiger charge is 2.38. The van der Waals surface area contributed by atoms with Gasteiger partial charge in [-0.2, -0.15) is 0 Å². The fourth-order valence-electron chi connectivity index (χ4n) is 2.54. The molecule has 1 aromatic carbocycles. The summed E-state index contributed by atoms with van der Waals surface area (Å²) in [6, 6.07) is 7.65. The molecule has 1 fully saturated rings. The lowest BCUT2D eigenvalue weighted by Crippen LogP contribution is -2.50. The van der Waals surface area contributed by atoms with Crippen molar-refractivity contribution >= 4 is 21.8 Å². The van der Waals surface area contributed by atoms with Crippen LogP contribution in [-0.4, -0.2) is 23.9 Å². The second-order valence-corrected chi connectivity index (χ2v) is 6.79. The number of rotatable bonds is 2. The number of amides is 1. The summed E-state index contributed by atoms with van der Waals surface area (Å²) in [6.45, 7) is 7.79. The van der Waals surface area contributed by atoms with E-state index in [1.54, 1.807) is 6.92 Å². The van der Waals surface area contributed by atoms with Crippen molar-refractivity contribution in [2.24, 2.45) is 17.6 Å². The molecule has 2 rings (SSSR count). The van der Waals surface area contributed by atoms with E-state index in [4.69, 9.17) is 5.73 Å². The van der Waals surface area contributed by atoms with Gasteiger partial charge in [0.2, 0.25) is 5.91 Å². The van der Waals surface area contributed by atoms with E-state index in [1.807, 2.05) is 29.2 Å². The first-order chi connectivity index (χ1) is 8.82. The summed E-state index contributed by atoms with van der Waals surface area (Å²) < 4.78 is 0.989. The van der Waals surface area contributed by atoms with Crippen molar-refractivity contribution in [3.05, 3.63) is 34.3 Å². The van der Waals surface area contributed by atoms with E-state index in [0.717, 1.165) is 23.1 Å². The third-order valence-corrected chi connectivity index (χ3v) is 4.69. The number of carbonyl (C=O) groups excluding carboxylic acids is 1. The summed E-state index contributed by atoms with van der Waals surface area (Å²) in [5.74, 6) is 1.11. The molecule has 0 aliphatic carbocycles. The third kappa shape index (κ3) is 2.84. The number of nitrogens with two attached hydrogens (primary N) is 1. The molecule has 3 unspecified atom stereocenters. The van der Waals surface area contributed by atoms with Crippen LogP contribution in [0.2, 0.25) is 0 Å². The Kier molecular flexibility index (Phi) is 4.02. The van der Waals surface area contributed by atoms with Crippen molar-refractivity contribution in [3.8, 4) is 0 Å². The Labute approximate surface area is 123 Å². The van der Waals surface area contributed by atoms with E-state index < -0.39 is 5.54 Å². The number of likely N-dealkylation sites (tertiary alicyclic amines) is 1. The van der Waals surface area contributed by atoms with E-state index in [-0.39, 0.29) is 5.91 Å². The minimum Gasteiger partial charge on any atom is -0.340 e. The lowest BCUT2D eigenvalue weighted by Gasteiger charge is -2.29. The van der Waals surface area contributed by atoms with Gasteiger partial charge in [-0.15, -0.1) is 0 Å². The number of benzene rings is 1. The molecule has 1 heterocycles. The van der Waals surface area contributed by atoms with Gasteiger partial charge in [0, 0.05) is 17.6 Å². The highest BCUT2D eigenvalue weighted by molar-refractivity contribution is 9.10. The van der Waals surface area contributed by atoms with Crippen molar-refractivity contribution in [1.29, 1.82) is 0 Å². The van der Waals surface area contributed by atoms with Crippen LogP contribution in [0.25, 0.3) is 0 Å². The number of carbonyl (C=O) groups is 1. The smallest absolute Gasteiger partial charge is 0.246 e. The highest BCUT2D eigenvalue weighted by atomic mass is 79.9. The molecule has 1 aliphatic heterocycles. The SMILES string of the molecule is CC1CN(C(=O)C(C)(N)c2ccc(Br)cc2)CC1C. The predicted molar refractivity (Wildman–Crippen MR) is 80.6 cm³/mol. The van der Waals surface area contributed by atoms with Crippen molar-refractivity contribution in [1.82, 2.24) is 4.90 Å². The minimum absolute atomic E-state index is 0.0195. The van der Waals surface area contributed by atoms with Crippen molar-refractivity contribution < 1.29 is 4.79 Å². The Balaban J connectivity index is 2.20. The maximum absolute atomic E-state index is 12.6. The van der Waals surface area contributed by atoms with Gasteiger partial charge < -0.3 is 10.6 Å². The van der Waals surface area contributed by atoms with Gasteiger partial charge in [-0.3, -0.25) is 4.79 Å². The Morgan fingerprint density at radius 2 is 1.74 bits per heavy atom. The average molecular weight is 325 g/mol. The molecule has 0 radical (unpaired) electrons. The molecule has 1 saturated heterocycles. The Bertz CT molecular complexity index is 460. The average Bonchev–Trinajstić information content (AvgIpc) is 2.69. The van der Waals surface area contributed by atoms with E-state index in [1.165, 1.54) is 0 Å². The van der Waals surface area contributed by atoms with Crippen LogP contribution >= 0.6 is 15.9 Å². The molecule has 0 bridgehead atoms. The van der Waals surface area contributed by atoms with E-state index in [2.05, 4.69) is 29.8 Å². The molecule has 1 aliphatic rings. The van der Waals surface area contributed by atoms with Crippen LogP contribution in [0.1, 0.15) is 26.3 Å². The molecule has 1 amide bonds. The fourth-order valence-corrected chi connectivity index (χ4v) is 2.81. The standard InChI is InChI=1S/C15H21BrN2O/c1-10-8-18(9-11(10)2)14(19)15(3,17)12-4-6-13(16)7-5-12/h4-7,10-11H,8-9,17H2,1-3H3. The predicted octanol–water partition coefficient (Wildman–Crippen LogP) is 2.74. The van der Waals surface area contributed by atoms with Crippen LogP contribution in [0.4, 0.5) is 0 Å². The molecule has 2 N–H and O–H groups in total. The van der Waals surface area contributed by atoms with Crippen molar-refractivity contribution in [3.63, 3.8) is 0 Å². The monoisotopic (exact) mass is 324 g/mol. The van der Waals surface area contributed by atoms with Crippen LogP contribution in [0, 0.1) is 11.8 Å². The zero-order valence-electron chi connectivity index (χ0n) is 11.7. The van der Waals surface area contributed by atoms with Crippen LogP contribution in [0.15, 0.2) is 28.7 Å². The zero-order chi connectivity index (χ0) is 14.2. The number of hydrogen-bond donors (Lipinski definition) is 1. The quantitative estimate of drug-likeness (QED) is 0.909. The summed E-state index contributed by atoms with van der Waals surface area (Å²) in [5, 5.41) is 0. The molecular formula is C15H21BrN2O. The van der Waals surface area contributed by atoms with Gasteiger partial charge in [-0.1, -0.05) is 41.9 Å². The van der Waals surface area contributed by atoms with Crippen molar-refractivity contribution in [2.45, 2.75) is 26.3 Å². The van der Waals surface area contributed by atoms with Gasteiger partial charge in [-0.05, 0) is 36.5 Å². The molecule has 104 valence electrons. The summed E-state index contributed by atoms with van der Waals surface area (Å²) in [7, 11) is 0. The fraction of sp³-hybridized carbons (Fsp3) is 0.533. The lowest BCUT2D eigenvalue weighted by molar-refractivity contribution is -0.135. The van der Waals surface area contributed by atoms with Gasteiger partial charge in [0.1, 0.15) is 5.54 Å². The van der Waals surface area contributed by atoms with E-state index >= 15 is 0 Å². The second-order valence-electron chi connectivity index (χ2n) is 5.87. The van der Waals surface area contributed by atoms with Crippen LogP contribution in [0.5, 0.6) is 0 Å². The summed E-state index contributed by atoms with van der Waals surface area (Å²) in [5.41, 5.74) is 6.20. The summed E-state index contributed by atoms with van der Waals surface area (Å²) >= 11 is 3.40. The normalized spacial score (nSPS) is 26.3. The lowest BCUT2D eigenvalue weighted by atomic mass is 9.92. The Morgan fingerprint density at radius 3 is 2.21 bits per heavy atom. The highest BCUT2D eigenvalue weighted by Crippen LogP contribution is 2.28.